The van der Waals surface area contributed by atoms with Crippen molar-refractivity contribution in [2.75, 3.05) is 7.11 Å². The van der Waals surface area contributed by atoms with Crippen LogP contribution in [0.15, 0.2) is 17.8 Å². The molecule has 202 valence electrons. The molecule has 1 aromatic rings. The fourth-order valence-corrected chi connectivity index (χ4v) is 11.0. The summed E-state index contributed by atoms with van der Waals surface area (Å²) in [5.41, 5.74) is 3.28. The number of hydrogen-bond acceptors (Lipinski definition) is 4. The van der Waals surface area contributed by atoms with Crippen LogP contribution >= 0.6 is 0 Å². The average Bonchev–Trinajstić information content (AvgIpc) is 3.29. The Hall–Kier alpha value is -1.91. The number of rotatable bonds is 1. The normalized spacial score (nSPS) is 47.9. The standard InChI is InChI=1S/C32H46N2O3/c1-27(2)23-9-10-32(7)24(30(23,5)16-19-18-33-34-25(19)27)22(35)15-20-21-17-29(4,26(36)37-8)12-11-28(21,3)13-14-31(20,32)6/h15,18,21,23-24H,9-14,16-17H2,1-8H3,(H,33,34)/t21-,23-,24+,28+,29+,30-,31+,32+/m0/s1. The number of carbonyl (C=O) groups excluding carboxylic acids is 2. The van der Waals surface area contributed by atoms with Gasteiger partial charge in [0.05, 0.1) is 18.7 Å². The fourth-order valence-electron chi connectivity index (χ4n) is 11.0. The molecular weight excluding hydrogens is 460 g/mol. The molecule has 0 radical (unpaired) electrons. The molecule has 5 aliphatic carbocycles. The van der Waals surface area contributed by atoms with Gasteiger partial charge in [0.1, 0.15) is 0 Å². The van der Waals surface area contributed by atoms with E-state index in [1.165, 1.54) is 23.9 Å². The van der Waals surface area contributed by atoms with Crippen molar-refractivity contribution in [3.63, 3.8) is 0 Å². The molecule has 0 saturated heterocycles. The van der Waals surface area contributed by atoms with Gasteiger partial charge in [-0.1, -0.05) is 47.1 Å². The van der Waals surface area contributed by atoms with E-state index in [0.717, 1.165) is 51.4 Å². The Morgan fingerprint density at radius 3 is 2.43 bits per heavy atom. The predicted octanol–water partition coefficient (Wildman–Crippen LogP) is 6.58. The lowest BCUT2D eigenvalue weighted by Crippen LogP contribution is -2.66. The number of esters is 1. The molecule has 3 fully saturated rings. The van der Waals surface area contributed by atoms with Gasteiger partial charge in [0.25, 0.3) is 0 Å². The summed E-state index contributed by atoms with van der Waals surface area (Å²) in [5.74, 6) is 0.913. The van der Waals surface area contributed by atoms with Crippen LogP contribution in [-0.2, 0) is 26.2 Å². The van der Waals surface area contributed by atoms with Crippen molar-refractivity contribution < 1.29 is 14.3 Å². The molecule has 1 aromatic heterocycles. The van der Waals surface area contributed by atoms with E-state index < -0.39 is 5.41 Å². The van der Waals surface area contributed by atoms with Gasteiger partial charge in [-0.15, -0.1) is 0 Å². The Morgan fingerprint density at radius 2 is 1.73 bits per heavy atom. The maximum atomic E-state index is 14.5. The van der Waals surface area contributed by atoms with Crippen molar-refractivity contribution in [2.24, 2.45) is 44.8 Å². The molecule has 6 rings (SSSR count). The fraction of sp³-hybridized carbons (Fsp3) is 0.781. The molecule has 1 N–H and O–H groups in total. The van der Waals surface area contributed by atoms with Crippen LogP contribution < -0.4 is 0 Å². The third-order valence-corrected chi connectivity index (χ3v) is 13.3. The number of ketones is 1. The lowest BCUT2D eigenvalue weighted by Gasteiger charge is -2.69. The molecule has 0 aliphatic heterocycles. The number of aromatic nitrogens is 2. The van der Waals surface area contributed by atoms with E-state index in [2.05, 4.69) is 64.7 Å². The van der Waals surface area contributed by atoms with Crippen molar-refractivity contribution in [1.29, 1.82) is 0 Å². The smallest absolute Gasteiger partial charge is 0.311 e. The number of nitrogens with one attached hydrogen (secondary N) is 1. The number of fused-ring (bicyclic) bond motifs is 8. The largest absolute Gasteiger partial charge is 0.469 e. The number of H-pyrrole nitrogens is 1. The van der Waals surface area contributed by atoms with E-state index in [4.69, 9.17) is 4.74 Å². The molecule has 8 atom stereocenters. The van der Waals surface area contributed by atoms with Gasteiger partial charge in [0, 0.05) is 17.0 Å². The molecule has 0 aromatic carbocycles. The molecule has 1 heterocycles. The number of allylic oxidation sites excluding steroid dienone is 2. The first-order chi connectivity index (χ1) is 17.2. The van der Waals surface area contributed by atoms with E-state index in [0.29, 0.717) is 11.7 Å². The molecule has 5 heteroatoms. The minimum Gasteiger partial charge on any atom is -0.469 e. The van der Waals surface area contributed by atoms with Crippen LogP contribution in [-0.4, -0.2) is 29.1 Å². The molecule has 0 unspecified atom stereocenters. The second-order valence-electron chi connectivity index (χ2n) is 15.4. The van der Waals surface area contributed by atoms with Gasteiger partial charge in [0.2, 0.25) is 0 Å². The Morgan fingerprint density at radius 1 is 1.03 bits per heavy atom. The highest BCUT2D eigenvalue weighted by atomic mass is 16.5. The quantitative estimate of drug-likeness (QED) is 0.437. The summed E-state index contributed by atoms with van der Waals surface area (Å²) in [7, 11) is 1.51. The minimum atomic E-state index is -0.479. The minimum absolute atomic E-state index is 0.00485. The van der Waals surface area contributed by atoms with Gasteiger partial charge >= 0.3 is 5.97 Å². The van der Waals surface area contributed by atoms with E-state index in [1.807, 2.05) is 6.20 Å². The summed E-state index contributed by atoms with van der Waals surface area (Å²) in [4.78, 5) is 27.4. The second kappa shape index (κ2) is 7.39. The van der Waals surface area contributed by atoms with Gasteiger partial charge in [-0.3, -0.25) is 14.7 Å². The number of carbonyl (C=O) groups is 2. The first-order valence-electron chi connectivity index (χ1n) is 14.5. The molecule has 0 bridgehead atoms. The third-order valence-electron chi connectivity index (χ3n) is 13.3. The Balaban J connectivity index is 1.47. The molecule has 5 aliphatic rings. The molecule has 37 heavy (non-hydrogen) atoms. The predicted molar refractivity (Wildman–Crippen MR) is 144 cm³/mol. The summed E-state index contributed by atoms with van der Waals surface area (Å²) in [5, 5.41) is 7.75. The van der Waals surface area contributed by atoms with Gasteiger partial charge in [-0.25, -0.2) is 0 Å². The lowest BCUT2D eigenvalue weighted by atomic mass is 9.33. The monoisotopic (exact) mass is 506 g/mol. The average molecular weight is 507 g/mol. The number of aromatic amines is 1. The zero-order valence-electron chi connectivity index (χ0n) is 24.2. The summed E-state index contributed by atoms with van der Waals surface area (Å²) < 4.78 is 5.27. The first kappa shape index (κ1) is 25.4. The van der Waals surface area contributed by atoms with Crippen molar-refractivity contribution in [3.8, 4) is 0 Å². The van der Waals surface area contributed by atoms with Crippen LogP contribution in [0.25, 0.3) is 0 Å². The highest BCUT2D eigenvalue weighted by Crippen LogP contribution is 2.74. The van der Waals surface area contributed by atoms with Crippen LogP contribution in [0.4, 0.5) is 0 Å². The summed E-state index contributed by atoms with van der Waals surface area (Å²) in [6.45, 7) is 16.5. The van der Waals surface area contributed by atoms with Crippen LogP contribution in [0, 0.1) is 44.8 Å². The summed E-state index contributed by atoms with van der Waals surface area (Å²) >= 11 is 0. The number of ether oxygens (including phenoxy) is 1. The molecule has 0 amide bonds. The molecule has 0 spiro atoms. The Kier molecular flexibility index (Phi) is 5.06. The Labute approximate surface area is 222 Å². The van der Waals surface area contributed by atoms with Crippen molar-refractivity contribution in [3.05, 3.63) is 29.1 Å². The van der Waals surface area contributed by atoms with Crippen LogP contribution in [0.3, 0.4) is 0 Å². The van der Waals surface area contributed by atoms with E-state index >= 15 is 0 Å². The molecule has 3 saturated carbocycles. The summed E-state index contributed by atoms with van der Waals surface area (Å²) in [6, 6.07) is 0. The number of hydrogen-bond donors (Lipinski definition) is 1. The Bertz CT molecular complexity index is 1210. The van der Waals surface area contributed by atoms with Gasteiger partial charge in [0.15, 0.2) is 5.78 Å². The summed E-state index contributed by atoms with van der Waals surface area (Å²) in [6.07, 6.45) is 12.2. The zero-order chi connectivity index (χ0) is 26.8. The van der Waals surface area contributed by atoms with Crippen LogP contribution in [0.2, 0.25) is 0 Å². The topological polar surface area (TPSA) is 72.1 Å². The van der Waals surface area contributed by atoms with Gasteiger partial charge < -0.3 is 4.74 Å². The van der Waals surface area contributed by atoms with Gasteiger partial charge in [-0.2, -0.15) is 5.10 Å². The van der Waals surface area contributed by atoms with E-state index in [1.54, 1.807) is 0 Å². The second-order valence-corrected chi connectivity index (χ2v) is 15.4. The van der Waals surface area contributed by atoms with Gasteiger partial charge in [-0.05, 0) is 103 Å². The maximum absolute atomic E-state index is 14.5. The van der Waals surface area contributed by atoms with Crippen LogP contribution in [0.5, 0.6) is 0 Å². The van der Waals surface area contributed by atoms with Crippen LogP contribution in [0.1, 0.15) is 105 Å². The molecular formula is C32H46N2O3. The lowest BCUT2D eigenvalue weighted by molar-refractivity contribution is -0.174. The van der Waals surface area contributed by atoms with Crippen molar-refractivity contribution in [1.82, 2.24) is 10.2 Å². The highest BCUT2D eigenvalue weighted by molar-refractivity contribution is 5.96. The SMILES string of the molecule is COC(=O)[C@]1(C)CC[C@]2(C)CC[C@]3(C)C(=CC(=O)[C@@H]4[C@@]5(C)Cc6cn[nH]c6C(C)(C)[C@@H]5CC[C@]43C)[C@@H]2C1. The molecule has 5 nitrogen and oxygen atoms in total. The van der Waals surface area contributed by atoms with E-state index in [-0.39, 0.29) is 44.9 Å². The maximum Gasteiger partial charge on any atom is 0.311 e. The first-order valence-corrected chi connectivity index (χ1v) is 14.5. The van der Waals surface area contributed by atoms with Crippen molar-refractivity contribution in [2.45, 2.75) is 105 Å². The van der Waals surface area contributed by atoms with Crippen molar-refractivity contribution >= 4 is 11.8 Å². The number of nitrogens with zero attached hydrogens (tertiary/aromatic N) is 1. The highest BCUT2D eigenvalue weighted by Gasteiger charge is 2.70. The zero-order valence-corrected chi connectivity index (χ0v) is 24.2. The van der Waals surface area contributed by atoms with E-state index in [9.17, 15) is 9.59 Å². The third kappa shape index (κ3) is 2.95. The number of methoxy groups -OCH3 is 1.